The van der Waals surface area contributed by atoms with Crippen molar-refractivity contribution in [3.8, 4) is 11.3 Å². The second-order valence-electron chi connectivity index (χ2n) is 6.27. The Morgan fingerprint density at radius 2 is 1.89 bits per heavy atom. The molecule has 2 heterocycles. The standard InChI is InChI=1S/C20H15FN4O3/c21-15-8-4-7-14(9-15)17-18-19(20(28)25(23-17)11-16(26)27)24(12-22-18)10-13-5-2-1-3-6-13/h1-9,12H,10-11H2,(H,26,27). The van der Waals surface area contributed by atoms with Crippen LogP contribution >= 0.6 is 0 Å². The van der Waals surface area contributed by atoms with Gasteiger partial charge in [0.1, 0.15) is 29.1 Å². The van der Waals surface area contributed by atoms with E-state index in [0.29, 0.717) is 17.6 Å². The summed E-state index contributed by atoms with van der Waals surface area (Å²) in [4.78, 5) is 28.4. The van der Waals surface area contributed by atoms with E-state index in [1.165, 1.54) is 24.5 Å². The molecule has 0 spiro atoms. The van der Waals surface area contributed by atoms with Crippen LogP contribution in [0.2, 0.25) is 0 Å². The highest BCUT2D eigenvalue weighted by atomic mass is 19.1. The van der Waals surface area contributed by atoms with E-state index >= 15 is 0 Å². The van der Waals surface area contributed by atoms with Gasteiger partial charge in [0, 0.05) is 12.1 Å². The van der Waals surface area contributed by atoms with Gasteiger partial charge in [-0.05, 0) is 17.7 Å². The SMILES string of the molecule is O=C(O)Cn1nc(-c2cccc(F)c2)c2ncn(Cc3ccccc3)c2c1=O. The van der Waals surface area contributed by atoms with Crippen LogP contribution in [0.25, 0.3) is 22.3 Å². The number of rotatable bonds is 5. The Morgan fingerprint density at radius 1 is 1.11 bits per heavy atom. The summed E-state index contributed by atoms with van der Waals surface area (Å²) in [6.07, 6.45) is 1.51. The van der Waals surface area contributed by atoms with Gasteiger partial charge in [-0.25, -0.2) is 14.1 Å². The number of benzene rings is 2. The molecule has 8 heteroatoms. The zero-order valence-corrected chi connectivity index (χ0v) is 14.6. The molecule has 0 aliphatic rings. The van der Waals surface area contributed by atoms with Crippen molar-refractivity contribution in [3.63, 3.8) is 0 Å². The predicted octanol–water partition coefficient (Wildman–Crippen LogP) is 2.53. The summed E-state index contributed by atoms with van der Waals surface area (Å²) in [5.41, 5.74) is 1.57. The van der Waals surface area contributed by atoms with Crippen LogP contribution < -0.4 is 5.56 Å². The van der Waals surface area contributed by atoms with Crippen LogP contribution in [0.4, 0.5) is 4.39 Å². The average Bonchev–Trinajstić information content (AvgIpc) is 3.08. The van der Waals surface area contributed by atoms with Crippen molar-refractivity contribution in [1.29, 1.82) is 0 Å². The molecule has 7 nitrogen and oxygen atoms in total. The summed E-state index contributed by atoms with van der Waals surface area (Å²) >= 11 is 0. The molecule has 140 valence electrons. The Hall–Kier alpha value is -3.81. The van der Waals surface area contributed by atoms with Crippen molar-refractivity contribution in [1.82, 2.24) is 19.3 Å². The third-order valence-corrected chi connectivity index (χ3v) is 4.30. The summed E-state index contributed by atoms with van der Waals surface area (Å²) in [5, 5.41) is 13.3. The molecular formula is C20H15FN4O3. The number of carboxylic acid groups (broad SMARTS) is 1. The second-order valence-corrected chi connectivity index (χ2v) is 6.27. The molecule has 2 aromatic carbocycles. The van der Waals surface area contributed by atoms with Gasteiger partial charge in [-0.2, -0.15) is 5.10 Å². The van der Waals surface area contributed by atoms with Crippen molar-refractivity contribution in [3.05, 3.63) is 82.7 Å². The Kier molecular flexibility index (Phi) is 4.44. The molecule has 0 saturated heterocycles. The Morgan fingerprint density at radius 3 is 2.61 bits per heavy atom. The lowest BCUT2D eigenvalue weighted by atomic mass is 10.1. The fraction of sp³-hybridized carbons (Fsp3) is 0.100. The van der Waals surface area contributed by atoms with E-state index in [2.05, 4.69) is 10.1 Å². The number of aromatic nitrogens is 4. The van der Waals surface area contributed by atoms with E-state index in [9.17, 15) is 14.0 Å². The number of imidazole rings is 1. The van der Waals surface area contributed by atoms with Gasteiger partial charge in [-0.15, -0.1) is 0 Å². The molecule has 4 rings (SSSR count). The van der Waals surface area contributed by atoms with Gasteiger partial charge in [0.05, 0.1) is 6.33 Å². The molecule has 0 aliphatic carbocycles. The first-order chi connectivity index (χ1) is 13.5. The largest absolute Gasteiger partial charge is 0.480 e. The summed E-state index contributed by atoms with van der Waals surface area (Å²) in [7, 11) is 0. The van der Waals surface area contributed by atoms with Gasteiger partial charge in [0.15, 0.2) is 0 Å². The first-order valence-corrected chi connectivity index (χ1v) is 8.50. The minimum Gasteiger partial charge on any atom is -0.480 e. The lowest BCUT2D eigenvalue weighted by molar-refractivity contribution is -0.137. The molecule has 0 bridgehead atoms. The van der Waals surface area contributed by atoms with E-state index in [1.807, 2.05) is 30.3 Å². The first-order valence-electron chi connectivity index (χ1n) is 8.50. The molecule has 0 aliphatic heterocycles. The number of halogens is 1. The third kappa shape index (κ3) is 3.27. The summed E-state index contributed by atoms with van der Waals surface area (Å²) in [6.45, 7) is -0.222. The van der Waals surface area contributed by atoms with Crippen molar-refractivity contribution in [2.45, 2.75) is 13.1 Å². The third-order valence-electron chi connectivity index (χ3n) is 4.30. The minimum absolute atomic E-state index is 0.222. The van der Waals surface area contributed by atoms with Gasteiger partial charge in [-0.1, -0.05) is 42.5 Å². The van der Waals surface area contributed by atoms with Crippen molar-refractivity contribution in [2.24, 2.45) is 0 Å². The lowest BCUT2D eigenvalue weighted by Crippen LogP contribution is -2.28. The first kappa shape index (κ1) is 17.6. The molecule has 0 radical (unpaired) electrons. The van der Waals surface area contributed by atoms with Gasteiger partial charge in [-0.3, -0.25) is 9.59 Å². The minimum atomic E-state index is -1.20. The highest BCUT2D eigenvalue weighted by Crippen LogP contribution is 2.24. The summed E-state index contributed by atoms with van der Waals surface area (Å²) < 4.78 is 16.2. The van der Waals surface area contributed by atoms with Crippen LogP contribution in [0.5, 0.6) is 0 Å². The Labute approximate surface area is 158 Å². The summed E-state index contributed by atoms with van der Waals surface area (Å²) in [6, 6.07) is 15.2. The number of carboxylic acids is 1. The van der Waals surface area contributed by atoms with E-state index in [-0.39, 0.29) is 11.2 Å². The van der Waals surface area contributed by atoms with Crippen LogP contribution in [0.3, 0.4) is 0 Å². The fourth-order valence-electron chi connectivity index (χ4n) is 3.08. The maximum Gasteiger partial charge on any atom is 0.325 e. The number of hydrogen-bond acceptors (Lipinski definition) is 4. The molecule has 0 unspecified atom stereocenters. The lowest BCUT2D eigenvalue weighted by Gasteiger charge is -2.09. The molecule has 1 N–H and O–H groups in total. The second kappa shape index (κ2) is 7.07. The zero-order chi connectivity index (χ0) is 19.7. The zero-order valence-electron chi connectivity index (χ0n) is 14.6. The quantitative estimate of drug-likeness (QED) is 0.576. The van der Waals surface area contributed by atoms with E-state index < -0.39 is 23.9 Å². The molecule has 0 amide bonds. The average molecular weight is 378 g/mol. The van der Waals surface area contributed by atoms with Crippen LogP contribution in [0.1, 0.15) is 5.56 Å². The predicted molar refractivity (Wildman–Crippen MR) is 100 cm³/mol. The molecule has 4 aromatic rings. The number of carbonyl (C=O) groups is 1. The van der Waals surface area contributed by atoms with Gasteiger partial charge >= 0.3 is 5.97 Å². The molecule has 0 saturated carbocycles. The van der Waals surface area contributed by atoms with Crippen LogP contribution in [-0.4, -0.2) is 30.4 Å². The van der Waals surface area contributed by atoms with Crippen LogP contribution in [-0.2, 0) is 17.9 Å². The van der Waals surface area contributed by atoms with Crippen LogP contribution in [0, 0.1) is 5.82 Å². The highest BCUT2D eigenvalue weighted by molar-refractivity contribution is 5.89. The summed E-state index contributed by atoms with van der Waals surface area (Å²) in [5.74, 6) is -1.67. The molecule has 0 atom stereocenters. The van der Waals surface area contributed by atoms with Gasteiger partial charge < -0.3 is 9.67 Å². The van der Waals surface area contributed by atoms with E-state index in [0.717, 1.165) is 10.2 Å². The molecule has 2 aromatic heterocycles. The molecule has 0 fully saturated rings. The number of hydrogen-bond donors (Lipinski definition) is 1. The maximum absolute atomic E-state index is 13.7. The Bertz CT molecular complexity index is 1230. The maximum atomic E-state index is 13.7. The topological polar surface area (TPSA) is 90.0 Å². The smallest absolute Gasteiger partial charge is 0.325 e. The monoisotopic (exact) mass is 378 g/mol. The highest BCUT2D eigenvalue weighted by Gasteiger charge is 2.19. The van der Waals surface area contributed by atoms with Crippen molar-refractivity contribution >= 4 is 17.0 Å². The number of nitrogens with zero attached hydrogens (tertiary/aromatic N) is 4. The van der Waals surface area contributed by atoms with Crippen molar-refractivity contribution in [2.75, 3.05) is 0 Å². The fourth-order valence-corrected chi connectivity index (χ4v) is 3.08. The molecule has 28 heavy (non-hydrogen) atoms. The normalized spacial score (nSPS) is 11.0. The number of aliphatic carboxylic acids is 1. The van der Waals surface area contributed by atoms with Gasteiger partial charge in [0.2, 0.25) is 0 Å². The van der Waals surface area contributed by atoms with E-state index in [1.54, 1.807) is 10.6 Å². The molecular weight excluding hydrogens is 363 g/mol. The van der Waals surface area contributed by atoms with Gasteiger partial charge in [0.25, 0.3) is 5.56 Å². The van der Waals surface area contributed by atoms with E-state index in [4.69, 9.17) is 5.11 Å². The van der Waals surface area contributed by atoms with Crippen LogP contribution in [0.15, 0.2) is 65.7 Å². The Balaban J connectivity index is 1.95. The van der Waals surface area contributed by atoms with Crippen molar-refractivity contribution < 1.29 is 14.3 Å². The number of fused-ring (bicyclic) bond motifs is 1.